The van der Waals surface area contributed by atoms with E-state index in [9.17, 15) is 4.79 Å². The summed E-state index contributed by atoms with van der Waals surface area (Å²) in [5.41, 5.74) is -0.649. The molecule has 0 aromatic heterocycles. The second kappa shape index (κ2) is 3.25. The molecular weight excluding hydrogens is 172 g/mol. The van der Waals surface area contributed by atoms with Crippen LogP contribution >= 0.6 is 0 Å². The average molecular weight is 186 g/mol. The maximum atomic E-state index is 11.1. The number of hydrogen-bond acceptors (Lipinski definition) is 4. The van der Waals surface area contributed by atoms with Gasteiger partial charge in [-0.1, -0.05) is 0 Å². The van der Waals surface area contributed by atoms with E-state index in [4.69, 9.17) is 9.84 Å². The summed E-state index contributed by atoms with van der Waals surface area (Å²) in [5, 5.41) is 12.1. The molecule has 2 N–H and O–H groups in total. The smallest absolute Gasteiger partial charge is 0.326 e. The molecule has 0 bridgehead atoms. The lowest BCUT2D eigenvalue weighted by Gasteiger charge is -2.48. The molecule has 0 radical (unpaired) electrons. The van der Waals surface area contributed by atoms with E-state index >= 15 is 0 Å². The summed E-state index contributed by atoms with van der Waals surface area (Å²) in [6.07, 6.45) is 0. The normalized spacial score (nSPS) is 28.0. The number of nitrogens with zero attached hydrogens (tertiary/aromatic N) is 1. The lowest BCUT2D eigenvalue weighted by molar-refractivity contribution is -0.159. The van der Waals surface area contributed by atoms with Crippen LogP contribution in [0.25, 0.3) is 0 Å². The van der Waals surface area contributed by atoms with Crippen molar-refractivity contribution in [2.75, 3.05) is 39.4 Å². The molecule has 5 heteroatoms. The van der Waals surface area contributed by atoms with E-state index in [0.717, 1.165) is 13.1 Å². The Kier molecular flexibility index (Phi) is 2.23. The molecule has 0 aliphatic carbocycles. The highest BCUT2D eigenvalue weighted by atomic mass is 16.5. The molecule has 0 saturated carbocycles. The molecular formula is C8H14N2O3. The predicted octanol–water partition coefficient (Wildman–Crippen LogP) is -1.25. The van der Waals surface area contributed by atoms with Crippen LogP contribution in [-0.4, -0.2) is 60.9 Å². The van der Waals surface area contributed by atoms with Crippen LogP contribution in [0.15, 0.2) is 0 Å². The van der Waals surface area contributed by atoms with Crippen LogP contribution in [-0.2, 0) is 9.53 Å². The van der Waals surface area contributed by atoms with Crippen molar-refractivity contribution in [1.29, 1.82) is 0 Å². The maximum Gasteiger partial charge on any atom is 0.326 e. The topological polar surface area (TPSA) is 61.8 Å². The van der Waals surface area contributed by atoms with Gasteiger partial charge in [0.05, 0.1) is 13.2 Å². The third-order valence-corrected chi connectivity index (χ3v) is 2.85. The molecule has 2 heterocycles. The Balaban J connectivity index is 2.06. The van der Waals surface area contributed by atoms with E-state index in [2.05, 4.69) is 5.32 Å². The molecule has 2 rings (SSSR count). The number of morpholine rings is 1. The Morgan fingerprint density at radius 3 is 2.38 bits per heavy atom. The van der Waals surface area contributed by atoms with Crippen LogP contribution in [0.1, 0.15) is 0 Å². The van der Waals surface area contributed by atoms with Gasteiger partial charge in [0.25, 0.3) is 0 Å². The van der Waals surface area contributed by atoms with Crippen molar-refractivity contribution in [3.05, 3.63) is 0 Å². The summed E-state index contributed by atoms with van der Waals surface area (Å²) >= 11 is 0. The van der Waals surface area contributed by atoms with Crippen molar-refractivity contribution >= 4 is 5.97 Å². The Morgan fingerprint density at radius 2 is 2.00 bits per heavy atom. The zero-order valence-electron chi connectivity index (χ0n) is 7.45. The summed E-state index contributed by atoms with van der Waals surface area (Å²) in [6.45, 7) is 3.87. The molecule has 2 aliphatic heterocycles. The molecule has 0 aromatic carbocycles. The fourth-order valence-electron chi connectivity index (χ4n) is 1.86. The fourth-order valence-corrected chi connectivity index (χ4v) is 1.86. The number of nitrogens with one attached hydrogen (secondary N) is 1. The van der Waals surface area contributed by atoms with Gasteiger partial charge in [-0.2, -0.15) is 0 Å². The molecule has 0 spiro atoms. The summed E-state index contributed by atoms with van der Waals surface area (Å²) in [5.74, 6) is -0.715. The molecule has 2 saturated heterocycles. The van der Waals surface area contributed by atoms with Gasteiger partial charge in [0, 0.05) is 26.2 Å². The number of carbonyl (C=O) groups is 1. The number of rotatable bonds is 2. The van der Waals surface area contributed by atoms with E-state index in [0.29, 0.717) is 26.3 Å². The van der Waals surface area contributed by atoms with Crippen molar-refractivity contribution in [1.82, 2.24) is 10.2 Å². The monoisotopic (exact) mass is 186 g/mol. The van der Waals surface area contributed by atoms with E-state index < -0.39 is 11.5 Å². The van der Waals surface area contributed by atoms with Gasteiger partial charge in [-0.3, -0.25) is 9.69 Å². The third kappa shape index (κ3) is 1.33. The van der Waals surface area contributed by atoms with E-state index in [1.54, 1.807) is 0 Å². The van der Waals surface area contributed by atoms with Crippen LogP contribution in [0.5, 0.6) is 0 Å². The lowest BCUT2D eigenvalue weighted by Crippen LogP contribution is -2.74. The predicted molar refractivity (Wildman–Crippen MR) is 45.6 cm³/mol. The Hall–Kier alpha value is -0.650. The molecule has 0 unspecified atom stereocenters. The molecule has 74 valence electrons. The second-order valence-electron chi connectivity index (χ2n) is 3.54. The van der Waals surface area contributed by atoms with Crippen LogP contribution in [0.2, 0.25) is 0 Å². The van der Waals surface area contributed by atoms with Crippen LogP contribution in [0.4, 0.5) is 0 Å². The van der Waals surface area contributed by atoms with Gasteiger partial charge in [-0.25, -0.2) is 0 Å². The average Bonchev–Trinajstić information content (AvgIpc) is 2.03. The number of hydrogen-bond donors (Lipinski definition) is 2. The highest BCUT2D eigenvalue weighted by molar-refractivity contribution is 5.81. The van der Waals surface area contributed by atoms with E-state index in [-0.39, 0.29) is 0 Å². The lowest BCUT2D eigenvalue weighted by atomic mass is 9.90. The quantitative estimate of drug-likeness (QED) is 0.564. The van der Waals surface area contributed by atoms with E-state index in [1.807, 2.05) is 4.90 Å². The summed E-state index contributed by atoms with van der Waals surface area (Å²) in [6, 6.07) is 0. The van der Waals surface area contributed by atoms with Crippen molar-refractivity contribution in [2.24, 2.45) is 0 Å². The molecule has 0 aromatic rings. The summed E-state index contributed by atoms with van der Waals surface area (Å²) in [4.78, 5) is 13.1. The number of carboxylic acid groups (broad SMARTS) is 1. The standard InChI is InChI=1S/C8H14N2O3/c11-7(12)8(5-9-6-8)10-1-3-13-4-2-10/h9H,1-6H2,(H,11,12). The molecule has 2 fully saturated rings. The minimum Gasteiger partial charge on any atom is -0.480 e. The van der Waals surface area contributed by atoms with Gasteiger partial charge in [-0.05, 0) is 0 Å². The fraction of sp³-hybridized carbons (Fsp3) is 0.875. The first kappa shape index (κ1) is 8.93. The van der Waals surface area contributed by atoms with Gasteiger partial charge in [0.2, 0.25) is 0 Å². The highest BCUT2D eigenvalue weighted by Gasteiger charge is 2.49. The molecule has 5 nitrogen and oxygen atoms in total. The first-order chi connectivity index (χ1) is 6.26. The third-order valence-electron chi connectivity index (χ3n) is 2.85. The molecule has 0 atom stereocenters. The van der Waals surface area contributed by atoms with Crippen LogP contribution < -0.4 is 5.32 Å². The Labute approximate surface area is 76.7 Å². The molecule has 2 aliphatic rings. The van der Waals surface area contributed by atoms with Crippen LogP contribution in [0, 0.1) is 0 Å². The minimum absolute atomic E-state index is 0.558. The number of ether oxygens (including phenoxy) is 1. The van der Waals surface area contributed by atoms with Crippen molar-refractivity contribution in [3.63, 3.8) is 0 Å². The highest BCUT2D eigenvalue weighted by Crippen LogP contribution is 2.21. The number of carboxylic acids is 1. The zero-order chi connectivity index (χ0) is 9.31. The SMILES string of the molecule is O=C(O)C1(N2CCOCC2)CNC1. The molecule has 0 amide bonds. The first-order valence-electron chi connectivity index (χ1n) is 4.53. The van der Waals surface area contributed by atoms with Crippen molar-refractivity contribution in [2.45, 2.75) is 5.54 Å². The summed E-state index contributed by atoms with van der Waals surface area (Å²) in [7, 11) is 0. The van der Waals surface area contributed by atoms with E-state index in [1.165, 1.54) is 0 Å². The number of aliphatic carboxylic acids is 1. The first-order valence-corrected chi connectivity index (χ1v) is 4.53. The Bertz CT molecular complexity index is 209. The van der Waals surface area contributed by atoms with Gasteiger partial charge >= 0.3 is 5.97 Å². The van der Waals surface area contributed by atoms with Gasteiger partial charge < -0.3 is 15.2 Å². The Morgan fingerprint density at radius 1 is 1.38 bits per heavy atom. The van der Waals surface area contributed by atoms with Crippen molar-refractivity contribution < 1.29 is 14.6 Å². The minimum atomic E-state index is -0.715. The second-order valence-corrected chi connectivity index (χ2v) is 3.54. The van der Waals surface area contributed by atoms with Gasteiger partial charge in [0.1, 0.15) is 5.54 Å². The largest absolute Gasteiger partial charge is 0.480 e. The van der Waals surface area contributed by atoms with Crippen molar-refractivity contribution in [3.8, 4) is 0 Å². The molecule has 13 heavy (non-hydrogen) atoms. The zero-order valence-corrected chi connectivity index (χ0v) is 7.45. The van der Waals surface area contributed by atoms with Gasteiger partial charge in [-0.15, -0.1) is 0 Å². The van der Waals surface area contributed by atoms with Gasteiger partial charge in [0.15, 0.2) is 0 Å². The maximum absolute atomic E-state index is 11.1. The van der Waals surface area contributed by atoms with Crippen LogP contribution in [0.3, 0.4) is 0 Å². The summed E-state index contributed by atoms with van der Waals surface area (Å²) < 4.78 is 5.19.